The average molecular weight is 340 g/mol. The largest absolute Gasteiger partial charge is 0.296 e. The monoisotopic (exact) mass is 340 g/mol. The molecule has 4 saturated carbocycles. The van der Waals surface area contributed by atoms with Crippen LogP contribution in [0.2, 0.25) is 0 Å². The van der Waals surface area contributed by atoms with Gasteiger partial charge in [-0.3, -0.25) is 14.9 Å². The Bertz CT molecular complexity index is 630. The number of amides is 1. The fourth-order valence-corrected chi connectivity index (χ4v) is 5.92. The Morgan fingerprint density at radius 3 is 2.24 bits per heavy atom. The number of benzene rings is 1. The van der Waals surface area contributed by atoms with E-state index in [1.807, 2.05) is 12.1 Å². The molecule has 4 fully saturated rings. The summed E-state index contributed by atoms with van der Waals surface area (Å²) in [5, 5.41) is 8.52. The molecule has 134 valence electrons. The first-order valence-electron chi connectivity index (χ1n) is 9.49. The Morgan fingerprint density at radius 2 is 1.72 bits per heavy atom. The molecule has 2 N–H and O–H groups in total. The number of nitrogens with one attached hydrogen (secondary N) is 1. The molecule has 1 aromatic carbocycles. The Hall–Kier alpha value is -1.65. The van der Waals surface area contributed by atoms with Crippen LogP contribution in [0, 0.1) is 17.8 Å². The van der Waals surface area contributed by atoms with Gasteiger partial charge in [0.15, 0.2) is 0 Å². The lowest BCUT2D eigenvalue weighted by Gasteiger charge is -2.60. The van der Waals surface area contributed by atoms with Crippen LogP contribution in [0.1, 0.15) is 49.7 Å². The molecule has 1 aromatic rings. The Balaban J connectivity index is 1.42. The zero-order valence-corrected chi connectivity index (χ0v) is 14.9. The van der Waals surface area contributed by atoms with Crippen LogP contribution in [0.4, 0.5) is 0 Å². The predicted molar refractivity (Wildman–Crippen MR) is 97.8 cm³/mol. The fraction of sp³-hybridized carbons (Fsp3) is 0.571. The number of hydroxylamine groups is 1. The first kappa shape index (κ1) is 16.8. The molecular weight excluding hydrogens is 312 g/mol. The summed E-state index contributed by atoms with van der Waals surface area (Å²) in [4.78, 5) is 13.7. The highest BCUT2D eigenvalue weighted by atomic mass is 16.5. The van der Waals surface area contributed by atoms with Gasteiger partial charge >= 0.3 is 0 Å². The lowest BCUT2D eigenvalue weighted by molar-refractivity contribution is -0.124. The molecule has 0 radical (unpaired) electrons. The van der Waals surface area contributed by atoms with Crippen LogP contribution in [0.15, 0.2) is 30.3 Å². The van der Waals surface area contributed by atoms with Crippen molar-refractivity contribution in [3.05, 3.63) is 41.5 Å². The first-order chi connectivity index (χ1) is 12.1. The van der Waals surface area contributed by atoms with Gasteiger partial charge in [0, 0.05) is 18.2 Å². The van der Waals surface area contributed by atoms with E-state index in [4.69, 9.17) is 5.21 Å². The van der Waals surface area contributed by atoms with E-state index in [2.05, 4.69) is 24.1 Å². The first-order valence-corrected chi connectivity index (χ1v) is 9.49. The smallest absolute Gasteiger partial charge is 0.267 e. The van der Waals surface area contributed by atoms with Crippen LogP contribution in [0.3, 0.4) is 0 Å². The molecule has 0 aromatic heterocycles. The van der Waals surface area contributed by atoms with E-state index >= 15 is 0 Å². The molecule has 5 rings (SSSR count). The quantitative estimate of drug-likeness (QED) is 0.489. The third kappa shape index (κ3) is 3.38. The van der Waals surface area contributed by atoms with E-state index in [0.29, 0.717) is 5.54 Å². The predicted octanol–water partition coefficient (Wildman–Crippen LogP) is 3.61. The second kappa shape index (κ2) is 6.58. The van der Waals surface area contributed by atoms with E-state index in [1.165, 1.54) is 50.2 Å². The molecule has 0 atom stereocenters. The van der Waals surface area contributed by atoms with Crippen LogP contribution in [-0.2, 0) is 11.3 Å². The molecule has 1 amide bonds. The minimum absolute atomic E-state index is 0.437. The van der Waals surface area contributed by atoms with Crippen LogP contribution < -0.4 is 5.48 Å². The van der Waals surface area contributed by atoms with Crippen molar-refractivity contribution in [1.29, 1.82) is 0 Å². The average Bonchev–Trinajstić information content (AvgIpc) is 2.59. The van der Waals surface area contributed by atoms with E-state index in [0.717, 1.165) is 29.9 Å². The van der Waals surface area contributed by atoms with Crippen molar-refractivity contribution in [1.82, 2.24) is 10.4 Å². The van der Waals surface area contributed by atoms with Gasteiger partial charge in [-0.2, -0.15) is 0 Å². The highest BCUT2D eigenvalue weighted by Crippen LogP contribution is 2.57. The maximum atomic E-state index is 11.0. The van der Waals surface area contributed by atoms with Gasteiger partial charge < -0.3 is 0 Å². The fourth-order valence-electron chi connectivity index (χ4n) is 5.92. The number of hydrogen-bond donors (Lipinski definition) is 2. The van der Waals surface area contributed by atoms with Crippen molar-refractivity contribution in [2.45, 2.75) is 50.6 Å². The van der Waals surface area contributed by atoms with Crippen molar-refractivity contribution >= 4 is 12.0 Å². The minimum Gasteiger partial charge on any atom is -0.296 e. The molecule has 4 nitrogen and oxygen atoms in total. The van der Waals surface area contributed by atoms with Crippen LogP contribution in [-0.4, -0.2) is 28.6 Å². The summed E-state index contributed by atoms with van der Waals surface area (Å²) in [6.07, 6.45) is 11.7. The lowest BCUT2D eigenvalue weighted by Crippen LogP contribution is -2.58. The van der Waals surface area contributed by atoms with Crippen molar-refractivity contribution < 1.29 is 10.0 Å². The summed E-state index contributed by atoms with van der Waals surface area (Å²) in [6.45, 7) is 0.993. The van der Waals surface area contributed by atoms with E-state index in [-0.39, 0.29) is 0 Å². The molecule has 4 aliphatic rings. The number of carbonyl (C=O) groups excluding carboxylic acids is 1. The number of hydrogen-bond acceptors (Lipinski definition) is 3. The summed E-state index contributed by atoms with van der Waals surface area (Å²) >= 11 is 0. The lowest BCUT2D eigenvalue weighted by atomic mass is 9.52. The Kier molecular flexibility index (Phi) is 4.42. The highest BCUT2D eigenvalue weighted by Gasteiger charge is 2.52. The van der Waals surface area contributed by atoms with Crippen LogP contribution in [0.25, 0.3) is 6.08 Å². The van der Waals surface area contributed by atoms with Crippen molar-refractivity contribution in [2.75, 3.05) is 7.05 Å². The van der Waals surface area contributed by atoms with E-state index < -0.39 is 5.91 Å². The van der Waals surface area contributed by atoms with Gasteiger partial charge in [-0.15, -0.1) is 0 Å². The maximum absolute atomic E-state index is 11.0. The Morgan fingerprint density at radius 1 is 1.16 bits per heavy atom. The van der Waals surface area contributed by atoms with E-state index in [9.17, 15) is 4.79 Å². The second-order valence-electron chi connectivity index (χ2n) is 8.55. The standard InChI is InChI=1S/C21H28N2O2/c1-23(21-11-17-8-18(12-21)10-19(9-17)13-21)14-16-4-2-15(3-5-16)6-7-20(24)22-25/h2-7,17-19,25H,8-14H2,1H3,(H,22,24)/b7-6+. The summed E-state index contributed by atoms with van der Waals surface area (Å²) in [5.74, 6) is 2.40. The topological polar surface area (TPSA) is 52.6 Å². The van der Waals surface area contributed by atoms with Crippen molar-refractivity contribution in [2.24, 2.45) is 17.8 Å². The SMILES string of the molecule is CN(Cc1ccc(/C=C/C(=O)NO)cc1)C12CC3CC(CC(C3)C1)C2. The number of nitrogens with zero attached hydrogens (tertiary/aromatic N) is 1. The summed E-state index contributed by atoms with van der Waals surface area (Å²) in [5.41, 5.74) is 4.32. The molecule has 0 saturated heterocycles. The van der Waals surface area contributed by atoms with Gasteiger partial charge in [0.05, 0.1) is 0 Å². The van der Waals surface area contributed by atoms with Gasteiger partial charge in [-0.25, -0.2) is 5.48 Å². The normalized spacial score (nSPS) is 33.3. The van der Waals surface area contributed by atoms with Crippen LogP contribution in [0.5, 0.6) is 0 Å². The minimum atomic E-state index is -0.509. The highest BCUT2D eigenvalue weighted by molar-refractivity contribution is 5.90. The third-order valence-corrected chi connectivity index (χ3v) is 6.75. The van der Waals surface area contributed by atoms with E-state index in [1.54, 1.807) is 11.6 Å². The summed E-state index contributed by atoms with van der Waals surface area (Å²) in [6, 6.07) is 8.36. The Labute approximate surface area is 149 Å². The second-order valence-corrected chi connectivity index (χ2v) is 8.55. The van der Waals surface area contributed by atoms with Gasteiger partial charge in [-0.05, 0) is 80.5 Å². The summed E-state index contributed by atoms with van der Waals surface area (Å²) < 4.78 is 0. The van der Waals surface area contributed by atoms with Crippen molar-refractivity contribution in [3.63, 3.8) is 0 Å². The maximum Gasteiger partial charge on any atom is 0.267 e. The molecule has 0 unspecified atom stereocenters. The molecule has 4 bridgehead atoms. The molecule has 0 heterocycles. The van der Waals surface area contributed by atoms with Gasteiger partial charge in [-0.1, -0.05) is 24.3 Å². The molecule has 0 spiro atoms. The number of rotatable bonds is 5. The zero-order chi connectivity index (χ0) is 17.4. The van der Waals surface area contributed by atoms with Gasteiger partial charge in [0.1, 0.15) is 0 Å². The van der Waals surface area contributed by atoms with Gasteiger partial charge in [0.25, 0.3) is 5.91 Å². The van der Waals surface area contributed by atoms with Crippen molar-refractivity contribution in [3.8, 4) is 0 Å². The number of carbonyl (C=O) groups is 1. The molecule has 0 aliphatic heterocycles. The third-order valence-electron chi connectivity index (χ3n) is 6.75. The molecule has 4 heteroatoms. The van der Waals surface area contributed by atoms with Gasteiger partial charge in [0.2, 0.25) is 0 Å². The molecule has 4 aliphatic carbocycles. The molecule has 25 heavy (non-hydrogen) atoms. The summed E-state index contributed by atoms with van der Waals surface area (Å²) in [7, 11) is 2.31. The zero-order valence-electron chi connectivity index (χ0n) is 14.9. The molecular formula is C21H28N2O2. The van der Waals surface area contributed by atoms with Crippen LogP contribution >= 0.6 is 0 Å².